The SMILES string of the molecule is CN(C)/C=N/S(=O)(=O)c1ccc(N)cc1OCCC[C@@H](CO)Nc1nc(Cl)ncc1Br. The molecule has 0 unspecified atom stereocenters. The first kappa shape index (κ1) is 25.1. The molecule has 0 saturated carbocycles. The molecule has 13 heteroatoms. The molecular formula is C18H24BrClN6O4S. The lowest BCUT2D eigenvalue weighted by Gasteiger charge is -2.18. The van der Waals surface area contributed by atoms with Gasteiger partial charge in [0.2, 0.25) is 5.28 Å². The Labute approximate surface area is 194 Å². The first-order valence-electron chi connectivity index (χ1n) is 9.17. The Balaban J connectivity index is 2.01. The standard InChI is InChI=1S/C18H24BrClN6O4S/c1-26(2)11-23-31(28,29)16-6-5-12(21)8-15(16)30-7-3-4-13(10-27)24-17-14(19)9-22-18(20)25-17/h5-6,8-9,11,13,27H,3-4,7,10,21H2,1-2H3,(H,22,24,25)/b23-11+/t13-/m0/s1. The van der Waals surface area contributed by atoms with Crippen molar-refractivity contribution in [2.45, 2.75) is 23.8 Å². The van der Waals surface area contributed by atoms with Gasteiger partial charge in [-0.05, 0) is 52.5 Å². The molecule has 0 spiro atoms. The van der Waals surface area contributed by atoms with Gasteiger partial charge >= 0.3 is 0 Å². The van der Waals surface area contributed by atoms with Crippen LogP contribution in [0.25, 0.3) is 0 Å². The summed E-state index contributed by atoms with van der Waals surface area (Å²) in [4.78, 5) is 9.36. The third-order valence-corrected chi connectivity index (χ3v) is 5.92. The number of aromatic nitrogens is 2. The quantitative estimate of drug-likeness (QED) is 0.130. The van der Waals surface area contributed by atoms with Crippen molar-refractivity contribution in [3.63, 3.8) is 0 Å². The molecule has 31 heavy (non-hydrogen) atoms. The van der Waals surface area contributed by atoms with Crippen molar-refractivity contribution < 1.29 is 18.3 Å². The van der Waals surface area contributed by atoms with Gasteiger partial charge in [0.05, 0.1) is 23.7 Å². The lowest BCUT2D eigenvalue weighted by atomic mass is 10.1. The zero-order valence-corrected chi connectivity index (χ0v) is 20.2. The monoisotopic (exact) mass is 534 g/mol. The van der Waals surface area contributed by atoms with Crippen molar-refractivity contribution in [2.75, 3.05) is 38.4 Å². The normalized spacial score (nSPS) is 12.7. The number of nitrogen functional groups attached to an aromatic ring is 1. The second-order valence-corrected chi connectivity index (χ2v) is 9.51. The van der Waals surface area contributed by atoms with Gasteiger partial charge in [0.15, 0.2) is 0 Å². The van der Waals surface area contributed by atoms with Crippen LogP contribution in [0.2, 0.25) is 5.28 Å². The van der Waals surface area contributed by atoms with Gasteiger partial charge in [-0.1, -0.05) is 0 Å². The summed E-state index contributed by atoms with van der Waals surface area (Å²) in [6.45, 7) is 0.0540. The Morgan fingerprint density at radius 3 is 2.87 bits per heavy atom. The van der Waals surface area contributed by atoms with E-state index in [0.29, 0.717) is 28.8 Å². The van der Waals surface area contributed by atoms with Gasteiger partial charge in [0.1, 0.15) is 22.8 Å². The Kier molecular flexibility index (Phi) is 9.29. The third kappa shape index (κ3) is 7.80. The van der Waals surface area contributed by atoms with E-state index < -0.39 is 10.0 Å². The van der Waals surface area contributed by atoms with Crippen LogP contribution in [0.15, 0.2) is 38.2 Å². The lowest BCUT2D eigenvalue weighted by molar-refractivity contribution is 0.250. The van der Waals surface area contributed by atoms with Crippen LogP contribution in [0.5, 0.6) is 5.75 Å². The molecule has 2 rings (SSSR count). The molecule has 2 aromatic rings. The van der Waals surface area contributed by atoms with Gasteiger partial charge in [0, 0.05) is 32.0 Å². The summed E-state index contributed by atoms with van der Waals surface area (Å²) < 4.78 is 34.9. The predicted molar refractivity (Wildman–Crippen MR) is 124 cm³/mol. The van der Waals surface area contributed by atoms with Gasteiger partial charge in [0.25, 0.3) is 10.0 Å². The Morgan fingerprint density at radius 1 is 1.45 bits per heavy atom. The Morgan fingerprint density at radius 2 is 2.19 bits per heavy atom. The number of nitrogens with zero attached hydrogens (tertiary/aromatic N) is 4. The highest BCUT2D eigenvalue weighted by Crippen LogP contribution is 2.28. The predicted octanol–water partition coefficient (Wildman–Crippen LogP) is 2.39. The number of nitrogens with two attached hydrogens (primary N) is 1. The van der Waals surface area contributed by atoms with Gasteiger partial charge in [-0.3, -0.25) is 0 Å². The van der Waals surface area contributed by atoms with E-state index in [4.69, 9.17) is 22.1 Å². The Bertz CT molecular complexity index is 1020. The second-order valence-electron chi connectivity index (χ2n) is 6.72. The summed E-state index contributed by atoms with van der Waals surface area (Å²) in [7, 11) is -0.616. The van der Waals surface area contributed by atoms with E-state index in [2.05, 4.69) is 35.6 Å². The zero-order valence-electron chi connectivity index (χ0n) is 17.0. The van der Waals surface area contributed by atoms with E-state index in [9.17, 15) is 13.5 Å². The van der Waals surface area contributed by atoms with Crippen LogP contribution in [-0.4, -0.2) is 68.1 Å². The number of hydrogen-bond acceptors (Lipinski definition) is 8. The summed E-state index contributed by atoms with van der Waals surface area (Å²) in [6.07, 6.45) is 3.75. The van der Waals surface area contributed by atoms with E-state index in [1.807, 2.05) is 0 Å². The number of nitrogens with one attached hydrogen (secondary N) is 1. The van der Waals surface area contributed by atoms with Crippen LogP contribution >= 0.6 is 27.5 Å². The van der Waals surface area contributed by atoms with Crippen molar-refractivity contribution in [3.05, 3.63) is 34.2 Å². The maximum Gasteiger partial charge on any atom is 0.287 e. The number of aliphatic hydroxyl groups excluding tert-OH is 1. The summed E-state index contributed by atoms with van der Waals surface area (Å²) in [5, 5.41) is 12.8. The molecule has 0 fully saturated rings. The van der Waals surface area contributed by atoms with Crippen LogP contribution in [0.3, 0.4) is 0 Å². The minimum atomic E-state index is -3.95. The first-order valence-corrected chi connectivity index (χ1v) is 11.8. The van der Waals surface area contributed by atoms with Crippen LogP contribution in [-0.2, 0) is 10.0 Å². The topological polar surface area (TPSA) is 143 Å². The second kappa shape index (κ2) is 11.5. The minimum Gasteiger partial charge on any atom is -0.492 e. The number of aliphatic hydroxyl groups is 1. The summed E-state index contributed by atoms with van der Waals surface area (Å²) in [6, 6.07) is 3.96. The highest BCUT2D eigenvalue weighted by atomic mass is 79.9. The molecule has 10 nitrogen and oxygen atoms in total. The average Bonchev–Trinajstić information content (AvgIpc) is 2.71. The highest BCUT2D eigenvalue weighted by Gasteiger charge is 2.19. The maximum absolute atomic E-state index is 12.5. The number of ether oxygens (including phenoxy) is 1. The number of sulfonamides is 1. The smallest absolute Gasteiger partial charge is 0.287 e. The van der Waals surface area contributed by atoms with Crippen molar-refractivity contribution in [1.29, 1.82) is 0 Å². The first-order chi connectivity index (χ1) is 14.6. The van der Waals surface area contributed by atoms with Crippen molar-refractivity contribution >= 4 is 55.4 Å². The van der Waals surface area contributed by atoms with E-state index in [1.54, 1.807) is 14.1 Å². The number of anilines is 2. The fraction of sp³-hybridized carbons (Fsp3) is 0.389. The molecule has 4 N–H and O–H groups in total. The number of halogens is 2. The lowest BCUT2D eigenvalue weighted by Crippen LogP contribution is -2.25. The molecule has 0 radical (unpaired) electrons. The Hall–Kier alpha value is -2.15. The van der Waals surface area contributed by atoms with Crippen molar-refractivity contribution in [2.24, 2.45) is 4.40 Å². The molecule has 0 aliphatic heterocycles. The van der Waals surface area contributed by atoms with E-state index >= 15 is 0 Å². The summed E-state index contributed by atoms with van der Waals surface area (Å²) in [5.74, 6) is 0.581. The van der Waals surface area contributed by atoms with E-state index in [1.165, 1.54) is 35.6 Å². The van der Waals surface area contributed by atoms with Gasteiger partial charge in [-0.15, -0.1) is 4.40 Å². The molecule has 0 amide bonds. The van der Waals surface area contributed by atoms with Crippen LogP contribution < -0.4 is 15.8 Å². The molecule has 0 bridgehead atoms. The third-order valence-electron chi connectivity index (χ3n) is 3.89. The number of benzene rings is 1. The highest BCUT2D eigenvalue weighted by molar-refractivity contribution is 9.10. The van der Waals surface area contributed by atoms with Gasteiger partial charge in [-0.25, -0.2) is 4.98 Å². The molecule has 1 aromatic carbocycles. The average molecular weight is 536 g/mol. The minimum absolute atomic E-state index is 0.0730. The van der Waals surface area contributed by atoms with E-state index in [0.717, 1.165) is 0 Å². The largest absolute Gasteiger partial charge is 0.492 e. The van der Waals surface area contributed by atoms with Gasteiger partial charge < -0.3 is 25.8 Å². The number of hydrogen-bond donors (Lipinski definition) is 3. The van der Waals surface area contributed by atoms with Crippen molar-refractivity contribution in [1.82, 2.24) is 14.9 Å². The van der Waals surface area contributed by atoms with Crippen LogP contribution in [0, 0.1) is 0 Å². The molecule has 0 saturated heterocycles. The van der Waals surface area contributed by atoms with Crippen LogP contribution in [0.4, 0.5) is 11.5 Å². The van der Waals surface area contributed by atoms with Gasteiger partial charge in [-0.2, -0.15) is 13.4 Å². The maximum atomic E-state index is 12.5. The number of rotatable bonds is 11. The molecular weight excluding hydrogens is 512 g/mol. The fourth-order valence-electron chi connectivity index (χ4n) is 2.42. The van der Waals surface area contributed by atoms with Crippen LogP contribution in [0.1, 0.15) is 12.8 Å². The summed E-state index contributed by atoms with van der Waals surface area (Å²) >= 11 is 9.12. The molecule has 0 aliphatic rings. The summed E-state index contributed by atoms with van der Waals surface area (Å²) in [5.41, 5.74) is 6.15. The zero-order chi connectivity index (χ0) is 23.0. The molecule has 170 valence electrons. The molecule has 1 atom stereocenters. The van der Waals surface area contributed by atoms with E-state index in [-0.39, 0.29) is 35.2 Å². The molecule has 1 aromatic heterocycles. The fourth-order valence-corrected chi connectivity index (χ4v) is 3.90. The molecule has 1 heterocycles. The van der Waals surface area contributed by atoms with Crippen molar-refractivity contribution in [3.8, 4) is 5.75 Å². The molecule has 0 aliphatic carbocycles.